The number of benzene rings is 1. The van der Waals surface area contributed by atoms with Crippen LogP contribution in [0.15, 0.2) is 35.1 Å². The maximum absolute atomic E-state index is 12.7. The van der Waals surface area contributed by atoms with Gasteiger partial charge in [0.1, 0.15) is 5.82 Å². The van der Waals surface area contributed by atoms with Crippen molar-refractivity contribution in [3.8, 4) is 5.69 Å². The first-order valence-electron chi connectivity index (χ1n) is 9.69. The molecule has 0 bridgehead atoms. The Morgan fingerprint density at radius 3 is 2.52 bits per heavy atom. The summed E-state index contributed by atoms with van der Waals surface area (Å²) in [4.78, 5) is 15.3. The van der Waals surface area contributed by atoms with Gasteiger partial charge >= 0.3 is 5.69 Å². The molecule has 1 aliphatic carbocycles. The number of para-hydroxylation sites is 1. The Morgan fingerprint density at radius 1 is 1.00 bits per heavy atom. The van der Waals surface area contributed by atoms with Crippen LogP contribution in [-0.2, 0) is 7.05 Å². The van der Waals surface area contributed by atoms with Gasteiger partial charge in [0.25, 0.3) is 0 Å². The van der Waals surface area contributed by atoms with Gasteiger partial charge in [-0.25, -0.2) is 14.0 Å². The summed E-state index contributed by atoms with van der Waals surface area (Å²) in [6.07, 6.45) is 9.10. The quantitative estimate of drug-likeness (QED) is 0.862. The maximum atomic E-state index is 12.7. The Hall–Kier alpha value is -1.88. The van der Waals surface area contributed by atoms with Crippen LogP contribution in [0.3, 0.4) is 0 Å². The van der Waals surface area contributed by atoms with Crippen molar-refractivity contribution in [1.82, 2.24) is 19.2 Å². The van der Waals surface area contributed by atoms with Crippen LogP contribution in [0.25, 0.3) is 5.69 Å². The van der Waals surface area contributed by atoms with Gasteiger partial charge in [0.05, 0.1) is 5.69 Å². The molecule has 0 spiro atoms. The molecule has 2 aliphatic rings. The molecule has 1 aliphatic heterocycles. The summed E-state index contributed by atoms with van der Waals surface area (Å²) in [5.41, 5.74) is 0.876. The van der Waals surface area contributed by atoms with Crippen molar-refractivity contribution in [2.24, 2.45) is 7.05 Å². The first-order valence-corrected chi connectivity index (χ1v) is 9.69. The average molecular weight is 340 g/mol. The third-order valence-corrected chi connectivity index (χ3v) is 5.87. The Morgan fingerprint density at radius 2 is 1.76 bits per heavy atom. The van der Waals surface area contributed by atoms with E-state index in [1.54, 1.807) is 7.05 Å². The molecule has 2 aromatic rings. The van der Waals surface area contributed by atoms with Gasteiger partial charge in [-0.15, -0.1) is 0 Å². The largest absolute Gasteiger partial charge is 0.350 e. The van der Waals surface area contributed by atoms with Crippen LogP contribution in [0.2, 0.25) is 0 Å². The molecule has 1 saturated heterocycles. The molecule has 134 valence electrons. The van der Waals surface area contributed by atoms with E-state index in [1.807, 2.05) is 34.9 Å². The molecule has 1 aromatic carbocycles. The molecule has 1 saturated carbocycles. The number of aryl methyl sites for hydroxylation is 1. The van der Waals surface area contributed by atoms with Crippen LogP contribution < -0.4 is 5.69 Å². The smallest absolute Gasteiger partial charge is 0.300 e. The Bertz CT molecular complexity index is 758. The fraction of sp³-hybridized carbons (Fsp3) is 0.600. The predicted molar refractivity (Wildman–Crippen MR) is 99.2 cm³/mol. The number of hydrogen-bond acceptors (Lipinski definition) is 3. The summed E-state index contributed by atoms with van der Waals surface area (Å²) in [5.74, 6) is 1.27. The minimum atomic E-state index is -0.0454. The van der Waals surface area contributed by atoms with E-state index in [0.717, 1.165) is 30.5 Å². The summed E-state index contributed by atoms with van der Waals surface area (Å²) in [6.45, 7) is 2.23. The van der Waals surface area contributed by atoms with Crippen molar-refractivity contribution in [1.29, 1.82) is 0 Å². The van der Waals surface area contributed by atoms with Crippen LogP contribution in [0.4, 0.5) is 0 Å². The van der Waals surface area contributed by atoms with Crippen LogP contribution in [0.1, 0.15) is 56.7 Å². The number of likely N-dealkylation sites (tertiary alicyclic amines) is 1. The second-order valence-electron chi connectivity index (χ2n) is 7.56. The van der Waals surface area contributed by atoms with E-state index in [4.69, 9.17) is 0 Å². The van der Waals surface area contributed by atoms with Crippen molar-refractivity contribution < 1.29 is 0 Å². The van der Waals surface area contributed by atoms with Gasteiger partial charge in [0.15, 0.2) is 0 Å². The zero-order chi connectivity index (χ0) is 17.2. The lowest BCUT2D eigenvalue weighted by Gasteiger charge is -2.39. The summed E-state index contributed by atoms with van der Waals surface area (Å²) in [6, 6.07) is 10.7. The number of rotatable bonds is 3. The van der Waals surface area contributed by atoms with Crippen molar-refractivity contribution in [2.75, 3.05) is 13.1 Å². The van der Waals surface area contributed by atoms with Crippen LogP contribution in [-0.4, -0.2) is 38.4 Å². The van der Waals surface area contributed by atoms with E-state index in [2.05, 4.69) is 10.00 Å². The SMILES string of the molecule is Cn1nc([C@@H]2CCCN(C3CCCCC3)C2)n(-c2ccccc2)c1=O. The molecule has 1 aromatic heterocycles. The summed E-state index contributed by atoms with van der Waals surface area (Å²) in [7, 11) is 1.76. The summed E-state index contributed by atoms with van der Waals surface area (Å²) >= 11 is 0. The maximum Gasteiger partial charge on any atom is 0.350 e. The van der Waals surface area contributed by atoms with E-state index in [0.29, 0.717) is 5.92 Å². The molecule has 4 rings (SSSR count). The third kappa shape index (κ3) is 3.30. The van der Waals surface area contributed by atoms with E-state index in [-0.39, 0.29) is 5.69 Å². The number of nitrogens with zero attached hydrogens (tertiary/aromatic N) is 4. The second-order valence-corrected chi connectivity index (χ2v) is 7.56. The van der Waals surface area contributed by atoms with Gasteiger partial charge < -0.3 is 0 Å². The fourth-order valence-corrected chi connectivity index (χ4v) is 4.56. The second kappa shape index (κ2) is 7.16. The highest BCUT2D eigenvalue weighted by molar-refractivity contribution is 5.33. The van der Waals surface area contributed by atoms with Crippen LogP contribution >= 0.6 is 0 Å². The Kier molecular flexibility index (Phi) is 4.75. The standard InChI is InChI=1S/C20H28N4O/c1-22-20(25)24(18-12-6-3-7-13-18)19(21-22)16-9-8-14-23(15-16)17-10-4-2-5-11-17/h3,6-7,12-13,16-17H,2,4-5,8-11,14-15H2,1H3/t16-/m1/s1. The van der Waals surface area contributed by atoms with Gasteiger partial charge in [-0.05, 0) is 44.4 Å². The average Bonchev–Trinajstić information content (AvgIpc) is 2.98. The van der Waals surface area contributed by atoms with Gasteiger partial charge in [-0.2, -0.15) is 5.10 Å². The minimum absolute atomic E-state index is 0.0454. The number of aromatic nitrogens is 3. The van der Waals surface area contributed by atoms with E-state index in [9.17, 15) is 4.79 Å². The molecule has 2 fully saturated rings. The van der Waals surface area contributed by atoms with Gasteiger partial charge in [0, 0.05) is 25.6 Å². The fourth-order valence-electron chi connectivity index (χ4n) is 4.56. The topological polar surface area (TPSA) is 43.1 Å². The molecule has 0 N–H and O–H groups in total. The molecule has 2 heterocycles. The van der Waals surface area contributed by atoms with E-state index in [1.165, 1.54) is 49.8 Å². The van der Waals surface area contributed by atoms with Crippen LogP contribution in [0, 0.1) is 0 Å². The third-order valence-electron chi connectivity index (χ3n) is 5.87. The van der Waals surface area contributed by atoms with Crippen LogP contribution in [0.5, 0.6) is 0 Å². The highest BCUT2D eigenvalue weighted by atomic mass is 16.2. The predicted octanol–water partition coefficient (Wildman–Crippen LogP) is 3.08. The van der Waals surface area contributed by atoms with E-state index < -0.39 is 0 Å². The van der Waals surface area contributed by atoms with Crippen molar-refractivity contribution in [3.63, 3.8) is 0 Å². The lowest BCUT2D eigenvalue weighted by atomic mass is 9.90. The molecule has 5 nitrogen and oxygen atoms in total. The molecule has 0 radical (unpaired) electrons. The number of hydrogen-bond donors (Lipinski definition) is 0. The molecule has 25 heavy (non-hydrogen) atoms. The van der Waals surface area contributed by atoms with Gasteiger partial charge in [-0.3, -0.25) is 4.90 Å². The first-order chi connectivity index (χ1) is 12.2. The first kappa shape index (κ1) is 16.6. The monoisotopic (exact) mass is 340 g/mol. The molecule has 5 heteroatoms. The molecule has 1 atom stereocenters. The van der Waals surface area contributed by atoms with Crippen molar-refractivity contribution >= 4 is 0 Å². The molecular weight excluding hydrogens is 312 g/mol. The molecular formula is C20H28N4O. The Balaban J connectivity index is 1.63. The number of piperidine rings is 1. The lowest BCUT2D eigenvalue weighted by Crippen LogP contribution is -2.43. The van der Waals surface area contributed by atoms with Crippen molar-refractivity contribution in [2.45, 2.75) is 56.9 Å². The minimum Gasteiger partial charge on any atom is -0.300 e. The Labute approximate surface area is 149 Å². The van der Waals surface area contributed by atoms with Gasteiger partial charge in [0.2, 0.25) is 0 Å². The van der Waals surface area contributed by atoms with Gasteiger partial charge in [-0.1, -0.05) is 37.5 Å². The normalized spacial score (nSPS) is 23.0. The highest BCUT2D eigenvalue weighted by Gasteiger charge is 2.31. The van der Waals surface area contributed by atoms with Crippen molar-refractivity contribution in [3.05, 3.63) is 46.6 Å². The lowest BCUT2D eigenvalue weighted by molar-refractivity contribution is 0.116. The zero-order valence-electron chi connectivity index (χ0n) is 15.1. The summed E-state index contributed by atoms with van der Waals surface area (Å²) < 4.78 is 3.30. The molecule has 0 amide bonds. The summed E-state index contributed by atoms with van der Waals surface area (Å²) in [5, 5.41) is 4.63. The highest BCUT2D eigenvalue weighted by Crippen LogP contribution is 2.31. The van der Waals surface area contributed by atoms with E-state index >= 15 is 0 Å². The molecule has 0 unspecified atom stereocenters. The zero-order valence-corrected chi connectivity index (χ0v) is 15.1.